The minimum atomic E-state index is -2.11. The van der Waals surface area contributed by atoms with Gasteiger partial charge in [0.05, 0.1) is 16.3 Å². The summed E-state index contributed by atoms with van der Waals surface area (Å²) in [7, 11) is -0.556. The Bertz CT molecular complexity index is 859. The molecule has 2 heteroatoms. The number of nitrogens with zero attached hydrogens (tertiary/aromatic N) is 1. The van der Waals surface area contributed by atoms with Crippen LogP contribution in [0.5, 0.6) is 0 Å². The van der Waals surface area contributed by atoms with Gasteiger partial charge in [0, 0.05) is 17.6 Å². The first-order chi connectivity index (χ1) is 11.3. The van der Waals surface area contributed by atoms with Gasteiger partial charge in [0.15, 0.2) is 6.17 Å². The van der Waals surface area contributed by atoms with E-state index in [-0.39, 0.29) is 53.7 Å². The Morgan fingerprint density at radius 3 is 2.44 bits per heavy atom. The number of pyridine rings is 1. The van der Waals surface area contributed by atoms with Crippen molar-refractivity contribution in [2.24, 2.45) is 7.05 Å². The predicted molar refractivity (Wildman–Crippen MR) is 80.8 cm³/mol. The lowest BCUT2D eigenvalue weighted by Gasteiger charge is -2.16. The van der Waals surface area contributed by atoms with Crippen molar-refractivity contribution in [2.45, 2.75) is 26.6 Å². The molecule has 0 bridgehead atoms. The molecule has 0 radical (unpaired) electrons. The third-order valence-electron chi connectivity index (χ3n) is 2.79. The van der Waals surface area contributed by atoms with Gasteiger partial charge in [0.2, 0.25) is 5.69 Å². The molecule has 1 aromatic heterocycles. The molecule has 0 fully saturated rings. The Balaban J connectivity index is 3.09. The van der Waals surface area contributed by atoms with Crippen LogP contribution < -0.4 is 9.75 Å². The van der Waals surface area contributed by atoms with Crippen molar-refractivity contribution in [1.29, 1.82) is 0 Å². The highest BCUT2D eigenvalue weighted by atomic mass is 28.3. The molecule has 0 aliphatic rings. The average molecular weight is 263 g/mol. The van der Waals surface area contributed by atoms with Crippen LogP contribution in [0, 0.1) is 6.92 Å². The number of benzene rings is 1. The third kappa shape index (κ3) is 2.54. The standard InChI is InChI=1S/C16H22NSi/c1-13-8-6-7-9-15(13)16-12-14(18(3,4)5)10-11-17(16)2/h6-12H,1-5H3/q+1/i6D,7D,8D,9D,10D,11D,12D. The van der Waals surface area contributed by atoms with Crippen molar-refractivity contribution in [3.63, 3.8) is 0 Å². The van der Waals surface area contributed by atoms with Gasteiger partial charge in [-0.3, -0.25) is 0 Å². The zero-order valence-electron chi connectivity index (χ0n) is 18.4. The highest BCUT2D eigenvalue weighted by Crippen LogP contribution is 2.19. The van der Waals surface area contributed by atoms with Gasteiger partial charge >= 0.3 is 0 Å². The molecular formula is C16H22NSi+. The minimum Gasteiger partial charge on any atom is -0.201 e. The number of hydrogen-bond acceptors (Lipinski definition) is 0. The van der Waals surface area contributed by atoms with Gasteiger partial charge in [-0.05, 0) is 23.7 Å². The molecule has 1 heterocycles. The van der Waals surface area contributed by atoms with E-state index in [1.165, 1.54) is 4.57 Å². The topological polar surface area (TPSA) is 3.88 Å². The molecule has 0 saturated carbocycles. The average Bonchev–Trinajstić information content (AvgIpc) is 2.51. The van der Waals surface area contributed by atoms with Gasteiger partial charge in [-0.25, -0.2) is 4.57 Å². The van der Waals surface area contributed by atoms with Crippen LogP contribution in [0.15, 0.2) is 42.4 Å². The van der Waals surface area contributed by atoms with Crippen LogP contribution in [-0.2, 0) is 7.05 Å². The fourth-order valence-corrected chi connectivity index (χ4v) is 2.57. The van der Waals surface area contributed by atoms with E-state index >= 15 is 0 Å². The summed E-state index contributed by atoms with van der Waals surface area (Å²) < 4.78 is 58.6. The van der Waals surface area contributed by atoms with E-state index < -0.39 is 8.07 Å². The normalized spacial score (nSPS) is 17.1. The van der Waals surface area contributed by atoms with Crippen LogP contribution in [0.3, 0.4) is 0 Å². The highest BCUT2D eigenvalue weighted by Gasteiger charge is 2.21. The molecule has 94 valence electrons. The first kappa shape index (κ1) is 6.67. The number of rotatable bonds is 2. The zero-order valence-corrected chi connectivity index (χ0v) is 12.4. The molecule has 1 aromatic carbocycles. The molecule has 0 amide bonds. The highest BCUT2D eigenvalue weighted by molar-refractivity contribution is 6.88. The molecule has 2 aromatic rings. The SMILES string of the molecule is [2H]c1c([2H])c([2H])c(-c2c([2H])c([Si](C)(C)C)c([2H])c([2H])[n+]2C)c(C)c1[2H]. The Kier molecular flexibility index (Phi) is 1.74. The maximum atomic E-state index is 8.66. The second kappa shape index (κ2) is 4.69. The lowest BCUT2D eigenvalue weighted by atomic mass is 10.1. The second-order valence-electron chi connectivity index (χ2n) is 5.39. The Labute approximate surface area is 121 Å². The zero-order chi connectivity index (χ0) is 19.4. The first-order valence-electron chi connectivity index (χ1n) is 9.39. The van der Waals surface area contributed by atoms with Gasteiger partial charge < -0.3 is 0 Å². The maximum absolute atomic E-state index is 8.66. The number of hydrogen-bond donors (Lipinski definition) is 0. The van der Waals surface area contributed by atoms with E-state index in [4.69, 9.17) is 9.60 Å². The van der Waals surface area contributed by atoms with Crippen LogP contribution >= 0.6 is 0 Å². The van der Waals surface area contributed by atoms with E-state index in [2.05, 4.69) is 0 Å². The Morgan fingerprint density at radius 2 is 1.78 bits per heavy atom. The first-order valence-corrected chi connectivity index (χ1v) is 9.39. The maximum Gasteiger partial charge on any atom is 0.212 e. The fourth-order valence-electron chi connectivity index (χ4n) is 1.65. The van der Waals surface area contributed by atoms with E-state index in [1.807, 2.05) is 19.6 Å². The van der Waals surface area contributed by atoms with Crippen LogP contribution in [0.1, 0.15) is 15.2 Å². The van der Waals surface area contributed by atoms with Crippen molar-refractivity contribution in [1.82, 2.24) is 0 Å². The van der Waals surface area contributed by atoms with E-state index in [9.17, 15) is 0 Å². The van der Waals surface area contributed by atoms with E-state index in [1.54, 1.807) is 14.0 Å². The lowest BCUT2D eigenvalue weighted by molar-refractivity contribution is -0.660. The molecule has 0 aliphatic heterocycles. The van der Waals surface area contributed by atoms with Crippen LogP contribution in [0.25, 0.3) is 11.3 Å². The molecule has 0 aliphatic carbocycles. The largest absolute Gasteiger partial charge is 0.212 e. The van der Waals surface area contributed by atoms with Gasteiger partial charge in [-0.1, -0.05) is 37.8 Å². The molecule has 0 N–H and O–H groups in total. The van der Waals surface area contributed by atoms with Crippen LogP contribution in [0.2, 0.25) is 19.6 Å². The van der Waals surface area contributed by atoms with E-state index in [0.29, 0.717) is 10.8 Å². The van der Waals surface area contributed by atoms with Crippen molar-refractivity contribution < 1.29 is 14.2 Å². The fraction of sp³-hybridized carbons (Fsp3) is 0.312. The van der Waals surface area contributed by atoms with Crippen LogP contribution in [0.4, 0.5) is 0 Å². The molecule has 2 rings (SSSR count). The molecular weight excluding hydrogens is 234 g/mol. The Hall–Kier alpha value is -1.41. The van der Waals surface area contributed by atoms with Gasteiger partial charge in [0.1, 0.15) is 8.42 Å². The van der Waals surface area contributed by atoms with Crippen molar-refractivity contribution in [2.75, 3.05) is 0 Å². The van der Waals surface area contributed by atoms with Crippen LogP contribution in [-0.4, -0.2) is 8.07 Å². The molecule has 0 saturated heterocycles. The smallest absolute Gasteiger partial charge is 0.201 e. The van der Waals surface area contributed by atoms with Crippen molar-refractivity contribution in [3.8, 4) is 11.3 Å². The second-order valence-corrected chi connectivity index (χ2v) is 10.4. The quantitative estimate of drug-likeness (QED) is 0.579. The molecule has 0 spiro atoms. The monoisotopic (exact) mass is 263 g/mol. The predicted octanol–water partition coefficient (Wildman–Crippen LogP) is 3.03. The van der Waals surface area contributed by atoms with E-state index in [0.717, 1.165) is 0 Å². The molecule has 0 atom stereocenters. The minimum absolute atomic E-state index is 0.0221. The summed E-state index contributed by atoms with van der Waals surface area (Å²) >= 11 is 0. The molecule has 18 heavy (non-hydrogen) atoms. The van der Waals surface area contributed by atoms with Gasteiger partial charge in [-0.15, -0.1) is 0 Å². The summed E-state index contributed by atoms with van der Waals surface area (Å²) in [5, 5.41) is 0.525. The van der Waals surface area contributed by atoms with Gasteiger partial charge in [-0.2, -0.15) is 0 Å². The summed E-state index contributed by atoms with van der Waals surface area (Å²) in [5.41, 5.74) is 0.836. The lowest BCUT2D eigenvalue weighted by Crippen LogP contribution is -2.42. The van der Waals surface area contributed by atoms with Gasteiger partial charge in [0.25, 0.3) is 0 Å². The van der Waals surface area contributed by atoms with Crippen molar-refractivity contribution >= 4 is 13.3 Å². The summed E-state index contributed by atoms with van der Waals surface area (Å²) in [4.78, 5) is 0. The molecule has 0 unspecified atom stereocenters. The Morgan fingerprint density at radius 1 is 1.11 bits per heavy atom. The summed E-state index contributed by atoms with van der Waals surface area (Å²) in [5.74, 6) is 0. The third-order valence-corrected chi connectivity index (χ3v) is 4.54. The summed E-state index contributed by atoms with van der Waals surface area (Å²) in [6.07, 6.45) is -0.0600. The summed E-state index contributed by atoms with van der Waals surface area (Å²) in [6, 6.07) is -0.938. The number of aromatic nitrogens is 1. The van der Waals surface area contributed by atoms with Crippen molar-refractivity contribution in [3.05, 3.63) is 48.0 Å². The summed E-state index contributed by atoms with van der Waals surface area (Å²) in [6.45, 7) is 7.58. The molecule has 1 nitrogen and oxygen atoms in total.